The summed E-state index contributed by atoms with van der Waals surface area (Å²) in [5.41, 5.74) is 1.54. The third kappa shape index (κ3) is 4.17. The average Bonchev–Trinajstić information content (AvgIpc) is 3.10. The first-order valence-electron chi connectivity index (χ1n) is 10.9. The number of hydrogen-bond donors (Lipinski definition) is 1. The first-order chi connectivity index (χ1) is 16.3. The predicted molar refractivity (Wildman–Crippen MR) is 125 cm³/mol. The molecule has 3 aromatic rings. The average molecular weight is 463 g/mol. The Balaban J connectivity index is 1.88. The van der Waals surface area contributed by atoms with Gasteiger partial charge in [0.1, 0.15) is 11.5 Å². The van der Waals surface area contributed by atoms with E-state index < -0.39 is 29.4 Å². The number of carbonyl (C=O) groups excluding carboxylic acids is 2. The van der Waals surface area contributed by atoms with Crippen molar-refractivity contribution in [3.63, 3.8) is 0 Å². The van der Waals surface area contributed by atoms with E-state index >= 15 is 0 Å². The van der Waals surface area contributed by atoms with E-state index in [1.807, 2.05) is 6.92 Å². The predicted octanol–water partition coefficient (Wildman–Crippen LogP) is 5.69. The maximum absolute atomic E-state index is 14.0. The van der Waals surface area contributed by atoms with Crippen molar-refractivity contribution in [1.82, 2.24) is 0 Å². The number of Topliss-reactive ketones (excluding diaryl/α,β-unsaturated/α-hetero) is 1. The number of rotatable bonds is 6. The Kier molecular flexibility index (Phi) is 6.45. The summed E-state index contributed by atoms with van der Waals surface area (Å²) >= 11 is 0. The maximum atomic E-state index is 14.0. The second kappa shape index (κ2) is 9.47. The molecule has 4 rings (SSSR count). The van der Waals surface area contributed by atoms with Crippen molar-refractivity contribution in [2.75, 3.05) is 11.5 Å². The van der Waals surface area contributed by atoms with E-state index in [9.17, 15) is 23.5 Å². The molecule has 1 amide bonds. The number of ketones is 1. The zero-order valence-electron chi connectivity index (χ0n) is 18.7. The molecule has 0 bridgehead atoms. The molecule has 1 atom stereocenters. The van der Waals surface area contributed by atoms with Crippen LogP contribution in [0.15, 0.2) is 72.3 Å². The summed E-state index contributed by atoms with van der Waals surface area (Å²) in [6.45, 7) is 4.33. The van der Waals surface area contributed by atoms with Crippen molar-refractivity contribution in [3.8, 4) is 5.75 Å². The molecule has 1 saturated heterocycles. The van der Waals surface area contributed by atoms with Crippen molar-refractivity contribution in [3.05, 3.63) is 101 Å². The number of nitrogens with zero attached hydrogens (tertiary/aromatic N) is 1. The Labute approximate surface area is 195 Å². The summed E-state index contributed by atoms with van der Waals surface area (Å²) in [5, 5.41) is 11.2. The van der Waals surface area contributed by atoms with Gasteiger partial charge in [-0.3, -0.25) is 14.5 Å². The highest BCUT2D eigenvalue weighted by Gasteiger charge is 2.47. The molecular weight excluding hydrogens is 440 g/mol. The van der Waals surface area contributed by atoms with Gasteiger partial charge in [0.15, 0.2) is 11.6 Å². The van der Waals surface area contributed by atoms with Crippen LogP contribution in [0.25, 0.3) is 5.76 Å². The van der Waals surface area contributed by atoms with Gasteiger partial charge in [-0.15, -0.1) is 0 Å². The Morgan fingerprint density at radius 3 is 2.35 bits per heavy atom. The van der Waals surface area contributed by atoms with Crippen LogP contribution in [0.2, 0.25) is 0 Å². The van der Waals surface area contributed by atoms with Crippen molar-refractivity contribution >= 4 is 23.1 Å². The SMILES string of the molecule is CCCOc1ccc(/C(O)=C2\C(=O)C(=O)N(c3ccc(F)c(F)c3)C2c2ccccc2C)cc1. The molecule has 0 aliphatic carbocycles. The largest absolute Gasteiger partial charge is 0.507 e. The number of aliphatic hydroxyl groups excluding tert-OH is 1. The lowest BCUT2D eigenvalue weighted by atomic mass is 9.92. The summed E-state index contributed by atoms with van der Waals surface area (Å²) < 4.78 is 33.2. The van der Waals surface area contributed by atoms with E-state index in [2.05, 4.69) is 0 Å². The quantitative estimate of drug-likeness (QED) is 0.290. The van der Waals surface area contributed by atoms with Gasteiger partial charge in [-0.25, -0.2) is 8.78 Å². The third-order valence-corrected chi connectivity index (χ3v) is 5.71. The van der Waals surface area contributed by atoms with E-state index in [1.165, 1.54) is 6.07 Å². The van der Waals surface area contributed by atoms with Crippen molar-refractivity contribution in [1.29, 1.82) is 0 Å². The van der Waals surface area contributed by atoms with Crippen molar-refractivity contribution in [2.45, 2.75) is 26.3 Å². The maximum Gasteiger partial charge on any atom is 0.300 e. The Morgan fingerprint density at radius 2 is 1.71 bits per heavy atom. The minimum absolute atomic E-state index is 0.0108. The number of aryl methyl sites for hydroxylation is 1. The molecule has 1 aliphatic rings. The molecule has 1 fully saturated rings. The highest BCUT2D eigenvalue weighted by molar-refractivity contribution is 6.51. The molecule has 7 heteroatoms. The molecule has 0 radical (unpaired) electrons. The molecular formula is C27H23F2NO4. The van der Waals surface area contributed by atoms with Crippen LogP contribution in [0.5, 0.6) is 5.75 Å². The zero-order chi connectivity index (χ0) is 24.4. The molecule has 3 aromatic carbocycles. The van der Waals surface area contributed by atoms with Crippen LogP contribution in [0.1, 0.15) is 36.1 Å². The van der Waals surface area contributed by atoms with Gasteiger partial charge in [-0.05, 0) is 60.9 Å². The van der Waals surface area contributed by atoms with Gasteiger partial charge < -0.3 is 9.84 Å². The Hall–Kier alpha value is -4.00. The van der Waals surface area contributed by atoms with Crippen LogP contribution in [-0.2, 0) is 9.59 Å². The molecule has 1 heterocycles. The van der Waals surface area contributed by atoms with Gasteiger partial charge in [0, 0.05) is 17.3 Å². The number of benzene rings is 3. The van der Waals surface area contributed by atoms with E-state index in [0.717, 1.165) is 29.0 Å². The molecule has 5 nitrogen and oxygen atoms in total. The fourth-order valence-electron chi connectivity index (χ4n) is 4.01. The lowest BCUT2D eigenvalue weighted by Gasteiger charge is -2.26. The van der Waals surface area contributed by atoms with E-state index in [0.29, 0.717) is 23.5 Å². The second-order valence-corrected chi connectivity index (χ2v) is 8.00. The monoisotopic (exact) mass is 463 g/mol. The molecule has 1 aliphatic heterocycles. The number of anilines is 1. The molecule has 34 heavy (non-hydrogen) atoms. The van der Waals surface area contributed by atoms with Crippen molar-refractivity contribution in [2.24, 2.45) is 0 Å². The lowest BCUT2D eigenvalue weighted by molar-refractivity contribution is -0.132. The number of amides is 1. The fourth-order valence-corrected chi connectivity index (χ4v) is 4.01. The van der Waals surface area contributed by atoms with Gasteiger partial charge >= 0.3 is 0 Å². The highest BCUT2D eigenvalue weighted by atomic mass is 19.2. The smallest absolute Gasteiger partial charge is 0.300 e. The van der Waals surface area contributed by atoms with E-state index in [4.69, 9.17) is 4.74 Å². The topological polar surface area (TPSA) is 66.8 Å². The normalized spacial score (nSPS) is 17.3. The molecule has 0 spiro atoms. The first kappa shape index (κ1) is 23.2. The molecule has 0 aromatic heterocycles. The summed E-state index contributed by atoms with van der Waals surface area (Å²) in [6.07, 6.45) is 0.839. The van der Waals surface area contributed by atoms with E-state index in [-0.39, 0.29) is 17.0 Å². The molecule has 0 saturated carbocycles. The van der Waals surface area contributed by atoms with Crippen LogP contribution in [0.4, 0.5) is 14.5 Å². The zero-order valence-corrected chi connectivity index (χ0v) is 18.7. The molecule has 174 valence electrons. The third-order valence-electron chi connectivity index (χ3n) is 5.71. The first-order valence-corrected chi connectivity index (χ1v) is 10.9. The summed E-state index contributed by atoms with van der Waals surface area (Å²) in [6, 6.07) is 15.6. The minimum atomic E-state index is -1.15. The van der Waals surface area contributed by atoms with Gasteiger partial charge in [-0.1, -0.05) is 31.2 Å². The van der Waals surface area contributed by atoms with Crippen LogP contribution >= 0.6 is 0 Å². The second-order valence-electron chi connectivity index (χ2n) is 8.00. The molecule has 1 N–H and O–H groups in total. The minimum Gasteiger partial charge on any atom is -0.507 e. The Bertz CT molecular complexity index is 1280. The number of carbonyl (C=O) groups is 2. The van der Waals surface area contributed by atoms with Crippen LogP contribution < -0.4 is 9.64 Å². The van der Waals surface area contributed by atoms with Crippen molar-refractivity contribution < 1.29 is 28.2 Å². The number of ether oxygens (including phenoxy) is 1. The summed E-state index contributed by atoms with van der Waals surface area (Å²) in [7, 11) is 0. The van der Waals surface area contributed by atoms with Crippen LogP contribution in [0, 0.1) is 18.6 Å². The summed E-state index contributed by atoms with van der Waals surface area (Å²) in [5.74, 6) is -3.83. The van der Waals surface area contributed by atoms with E-state index in [1.54, 1.807) is 55.5 Å². The standard InChI is InChI=1S/C27H23F2NO4/c1-3-14-34-19-11-8-17(9-12-19)25(31)23-24(20-7-5-4-6-16(20)2)30(27(33)26(23)32)18-10-13-21(28)22(29)15-18/h4-13,15,24,31H,3,14H2,1-2H3/b25-23+. The van der Waals surface area contributed by atoms with Crippen LogP contribution in [0.3, 0.4) is 0 Å². The van der Waals surface area contributed by atoms with Gasteiger partial charge in [0.25, 0.3) is 11.7 Å². The lowest BCUT2D eigenvalue weighted by Crippen LogP contribution is -2.30. The van der Waals surface area contributed by atoms with Gasteiger partial charge in [0.05, 0.1) is 18.2 Å². The number of hydrogen-bond acceptors (Lipinski definition) is 4. The van der Waals surface area contributed by atoms with Gasteiger partial charge in [-0.2, -0.15) is 0 Å². The van der Waals surface area contributed by atoms with Crippen LogP contribution in [-0.4, -0.2) is 23.4 Å². The summed E-state index contributed by atoms with van der Waals surface area (Å²) in [4.78, 5) is 27.4. The number of aliphatic hydroxyl groups is 1. The van der Waals surface area contributed by atoms with Gasteiger partial charge in [0.2, 0.25) is 0 Å². The Morgan fingerprint density at radius 1 is 1.00 bits per heavy atom. The number of halogens is 2. The highest BCUT2D eigenvalue weighted by Crippen LogP contribution is 2.43. The fraction of sp³-hybridized carbons (Fsp3) is 0.185. The molecule has 1 unspecified atom stereocenters.